The van der Waals surface area contributed by atoms with E-state index in [9.17, 15) is 12.8 Å². The summed E-state index contributed by atoms with van der Waals surface area (Å²) in [7, 11) is -3.82. The zero-order valence-corrected chi connectivity index (χ0v) is 14.2. The van der Waals surface area contributed by atoms with E-state index < -0.39 is 15.8 Å². The van der Waals surface area contributed by atoms with Gasteiger partial charge in [-0.1, -0.05) is 22.0 Å². The fraction of sp³-hybridized carbons (Fsp3) is 0.286. The number of sulfonamides is 1. The van der Waals surface area contributed by atoms with Crippen molar-refractivity contribution in [2.45, 2.75) is 23.8 Å². The molecule has 1 unspecified atom stereocenters. The number of nitrogens with zero attached hydrogens (tertiary/aromatic N) is 1. The third kappa shape index (κ3) is 2.79. The molecule has 1 fully saturated rings. The summed E-state index contributed by atoms with van der Waals surface area (Å²) in [5.41, 5.74) is 0. The quantitative estimate of drug-likeness (QED) is 0.789. The lowest BCUT2D eigenvalue weighted by atomic mass is 10.2. The standard InChI is InChI=1S/C14H13BrFNO2S2/c15-10-5-6-14(11(16)9-10)21(18,19)17-7-1-3-12(17)13-4-2-8-20-13/h2,4-6,8-9,12H,1,3,7H2. The maximum absolute atomic E-state index is 14.0. The first-order chi connectivity index (χ1) is 10.00. The van der Waals surface area contributed by atoms with Crippen LogP contribution in [0.5, 0.6) is 0 Å². The van der Waals surface area contributed by atoms with Crippen LogP contribution in [0.4, 0.5) is 4.39 Å². The largest absolute Gasteiger partial charge is 0.246 e. The molecule has 1 aromatic carbocycles. The van der Waals surface area contributed by atoms with E-state index in [-0.39, 0.29) is 10.9 Å². The molecule has 0 radical (unpaired) electrons. The molecule has 0 bridgehead atoms. The fourth-order valence-electron chi connectivity index (χ4n) is 2.60. The first-order valence-corrected chi connectivity index (χ1v) is 9.62. The van der Waals surface area contributed by atoms with Crippen molar-refractivity contribution in [1.29, 1.82) is 0 Å². The second kappa shape index (κ2) is 5.79. The highest BCUT2D eigenvalue weighted by molar-refractivity contribution is 9.10. The summed E-state index contributed by atoms with van der Waals surface area (Å²) in [5.74, 6) is -0.721. The van der Waals surface area contributed by atoms with Gasteiger partial charge in [0.05, 0.1) is 6.04 Å². The number of halogens is 2. The molecule has 7 heteroatoms. The smallest absolute Gasteiger partial charge is 0.207 e. The predicted octanol–water partition coefficient (Wildman–Crippen LogP) is 4.18. The van der Waals surface area contributed by atoms with Crippen LogP contribution >= 0.6 is 27.3 Å². The lowest BCUT2D eigenvalue weighted by molar-refractivity contribution is 0.397. The van der Waals surface area contributed by atoms with Crippen molar-refractivity contribution in [3.05, 3.63) is 50.9 Å². The van der Waals surface area contributed by atoms with E-state index in [0.717, 1.165) is 17.7 Å². The summed E-state index contributed by atoms with van der Waals surface area (Å²) in [6, 6.07) is 7.70. The number of hydrogen-bond donors (Lipinski definition) is 0. The maximum Gasteiger partial charge on any atom is 0.246 e. The molecule has 112 valence electrons. The van der Waals surface area contributed by atoms with Crippen LogP contribution in [-0.4, -0.2) is 19.3 Å². The SMILES string of the molecule is O=S(=O)(c1ccc(Br)cc1F)N1CCCC1c1cccs1. The normalized spacial score (nSPS) is 20.0. The minimum absolute atomic E-state index is 0.182. The van der Waals surface area contributed by atoms with Crippen LogP contribution < -0.4 is 0 Å². The molecular formula is C14H13BrFNO2S2. The van der Waals surface area contributed by atoms with E-state index >= 15 is 0 Å². The zero-order valence-electron chi connectivity index (χ0n) is 11.0. The predicted molar refractivity (Wildman–Crippen MR) is 84.3 cm³/mol. The monoisotopic (exact) mass is 389 g/mol. The Morgan fingerprint density at radius 2 is 2.14 bits per heavy atom. The second-order valence-electron chi connectivity index (χ2n) is 4.86. The van der Waals surface area contributed by atoms with E-state index in [1.165, 1.54) is 27.8 Å². The maximum atomic E-state index is 14.0. The summed E-state index contributed by atoms with van der Waals surface area (Å²) < 4.78 is 41.5. The molecule has 2 heterocycles. The van der Waals surface area contributed by atoms with Gasteiger partial charge in [0.25, 0.3) is 0 Å². The highest BCUT2D eigenvalue weighted by Gasteiger charge is 2.37. The average molecular weight is 390 g/mol. The highest BCUT2D eigenvalue weighted by atomic mass is 79.9. The summed E-state index contributed by atoms with van der Waals surface area (Å²) >= 11 is 4.68. The van der Waals surface area contributed by atoms with Gasteiger partial charge in [0.15, 0.2) is 0 Å². The van der Waals surface area contributed by atoms with Gasteiger partial charge in [-0.2, -0.15) is 4.31 Å². The Morgan fingerprint density at radius 3 is 2.81 bits per heavy atom. The van der Waals surface area contributed by atoms with Gasteiger partial charge in [-0.05, 0) is 42.5 Å². The summed E-state index contributed by atoms with van der Waals surface area (Å²) in [6.07, 6.45) is 1.57. The van der Waals surface area contributed by atoms with Gasteiger partial charge in [0.2, 0.25) is 10.0 Å². The Labute approximate surface area is 135 Å². The van der Waals surface area contributed by atoms with Crippen molar-refractivity contribution >= 4 is 37.3 Å². The van der Waals surface area contributed by atoms with Crippen LogP contribution in [0.15, 0.2) is 45.1 Å². The Balaban J connectivity index is 2.01. The molecule has 0 N–H and O–H groups in total. The molecule has 1 aliphatic rings. The zero-order chi connectivity index (χ0) is 15.0. The van der Waals surface area contributed by atoms with Gasteiger partial charge in [-0.15, -0.1) is 11.3 Å². The summed E-state index contributed by atoms with van der Waals surface area (Å²) in [6.45, 7) is 0.431. The van der Waals surface area contributed by atoms with Crippen molar-refractivity contribution in [3.63, 3.8) is 0 Å². The molecule has 1 atom stereocenters. The number of hydrogen-bond acceptors (Lipinski definition) is 3. The van der Waals surface area contributed by atoms with Gasteiger partial charge in [0.1, 0.15) is 10.7 Å². The van der Waals surface area contributed by atoms with E-state index in [1.807, 2.05) is 17.5 Å². The lowest BCUT2D eigenvalue weighted by Gasteiger charge is -2.23. The van der Waals surface area contributed by atoms with Crippen molar-refractivity contribution in [1.82, 2.24) is 4.31 Å². The third-order valence-corrected chi connectivity index (χ3v) is 6.96. The molecule has 0 spiro atoms. The fourth-order valence-corrected chi connectivity index (χ4v) is 5.60. The minimum Gasteiger partial charge on any atom is -0.207 e. The second-order valence-corrected chi connectivity index (χ2v) is 8.62. The molecule has 0 aliphatic carbocycles. The minimum atomic E-state index is -3.82. The van der Waals surface area contributed by atoms with Crippen molar-refractivity contribution in [3.8, 4) is 0 Å². The van der Waals surface area contributed by atoms with Crippen molar-refractivity contribution in [2.24, 2.45) is 0 Å². The molecule has 3 nitrogen and oxygen atoms in total. The molecule has 21 heavy (non-hydrogen) atoms. The highest BCUT2D eigenvalue weighted by Crippen LogP contribution is 2.38. The van der Waals surface area contributed by atoms with E-state index in [2.05, 4.69) is 15.9 Å². The van der Waals surface area contributed by atoms with Crippen molar-refractivity contribution < 1.29 is 12.8 Å². The number of rotatable bonds is 3. The summed E-state index contributed by atoms with van der Waals surface area (Å²) in [5, 5.41) is 1.93. The molecule has 2 aromatic rings. The van der Waals surface area contributed by atoms with Gasteiger partial charge in [0, 0.05) is 15.9 Å². The van der Waals surface area contributed by atoms with Gasteiger partial charge in [-0.3, -0.25) is 0 Å². The van der Waals surface area contributed by atoms with Crippen LogP contribution in [0.3, 0.4) is 0 Å². The van der Waals surface area contributed by atoms with Crippen LogP contribution in [0.1, 0.15) is 23.8 Å². The molecule has 0 amide bonds. The first kappa shape index (κ1) is 15.1. The van der Waals surface area contributed by atoms with Gasteiger partial charge < -0.3 is 0 Å². The molecule has 0 saturated carbocycles. The van der Waals surface area contributed by atoms with Crippen LogP contribution in [-0.2, 0) is 10.0 Å². The van der Waals surface area contributed by atoms with E-state index in [0.29, 0.717) is 11.0 Å². The lowest BCUT2D eigenvalue weighted by Crippen LogP contribution is -2.31. The number of benzene rings is 1. The Bertz CT molecular complexity index is 746. The molecule has 1 aliphatic heterocycles. The Hall–Kier alpha value is -0.760. The van der Waals surface area contributed by atoms with Crippen LogP contribution in [0, 0.1) is 5.82 Å². The van der Waals surface area contributed by atoms with E-state index in [4.69, 9.17) is 0 Å². The number of thiophene rings is 1. The van der Waals surface area contributed by atoms with Crippen LogP contribution in [0.25, 0.3) is 0 Å². The van der Waals surface area contributed by atoms with Crippen molar-refractivity contribution in [2.75, 3.05) is 6.54 Å². The van der Waals surface area contributed by atoms with Gasteiger partial charge >= 0.3 is 0 Å². The Kier molecular flexibility index (Phi) is 4.18. The summed E-state index contributed by atoms with van der Waals surface area (Å²) in [4.78, 5) is 0.753. The molecular weight excluding hydrogens is 377 g/mol. The van der Waals surface area contributed by atoms with E-state index in [1.54, 1.807) is 6.07 Å². The Morgan fingerprint density at radius 1 is 1.33 bits per heavy atom. The van der Waals surface area contributed by atoms with Crippen LogP contribution in [0.2, 0.25) is 0 Å². The average Bonchev–Trinajstić information content (AvgIpc) is 3.09. The first-order valence-electron chi connectivity index (χ1n) is 6.50. The third-order valence-electron chi connectivity index (χ3n) is 3.56. The molecule has 1 aromatic heterocycles. The van der Waals surface area contributed by atoms with Gasteiger partial charge in [-0.25, -0.2) is 12.8 Å². The molecule has 1 saturated heterocycles. The molecule has 3 rings (SSSR count). The topological polar surface area (TPSA) is 37.4 Å².